The first-order chi connectivity index (χ1) is 20.4. The molecule has 42 heavy (non-hydrogen) atoms. The standard InChI is InChI=1S/C32H32Cl2N4O3S/c33-22-6-4-7-24(18-22)38-29(39)20-32(42-25-8-2-1-3-9-25,31(40)35-12-5-13-37-14-16-41-17-15-37)30(38)27-21-36-28-19-23(34)10-11-26(27)28/h1-4,6-11,18-19,21,30,36H,5,12-17,20H2,(H,35,40). The van der Waals surface area contributed by atoms with Crippen LogP contribution in [0, 0.1) is 0 Å². The average molecular weight is 624 g/mol. The van der Waals surface area contributed by atoms with Crippen LogP contribution in [0.5, 0.6) is 0 Å². The zero-order chi connectivity index (χ0) is 29.1. The second-order valence-electron chi connectivity index (χ2n) is 10.6. The van der Waals surface area contributed by atoms with E-state index in [0.717, 1.165) is 60.6 Å². The van der Waals surface area contributed by atoms with Gasteiger partial charge in [-0.25, -0.2) is 0 Å². The van der Waals surface area contributed by atoms with Crippen LogP contribution in [-0.4, -0.2) is 65.8 Å². The molecule has 2 atom stereocenters. The predicted octanol–water partition coefficient (Wildman–Crippen LogP) is 6.32. The number of H-pyrrole nitrogens is 1. The normalized spacial score (nSPS) is 21.2. The van der Waals surface area contributed by atoms with Crippen LogP contribution in [-0.2, 0) is 14.3 Å². The lowest BCUT2D eigenvalue weighted by atomic mass is 9.91. The third-order valence-electron chi connectivity index (χ3n) is 7.91. The zero-order valence-electron chi connectivity index (χ0n) is 23.0. The Kier molecular flexibility index (Phi) is 8.79. The van der Waals surface area contributed by atoms with E-state index < -0.39 is 10.8 Å². The summed E-state index contributed by atoms with van der Waals surface area (Å²) in [5, 5.41) is 5.25. The second-order valence-corrected chi connectivity index (χ2v) is 12.9. The van der Waals surface area contributed by atoms with Gasteiger partial charge in [0.25, 0.3) is 0 Å². The molecule has 2 amide bonds. The molecule has 10 heteroatoms. The summed E-state index contributed by atoms with van der Waals surface area (Å²) in [6, 6.07) is 22.1. The lowest BCUT2D eigenvalue weighted by Gasteiger charge is -2.36. The number of benzene rings is 3. The quantitative estimate of drug-likeness (QED) is 0.214. The van der Waals surface area contributed by atoms with Crippen molar-refractivity contribution in [2.45, 2.75) is 28.5 Å². The van der Waals surface area contributed by atoms with Crippen LogP contribution in [0.3, 0.4) is 0 Å². The summed E-state index contributed by atoms with van der Waals surface area (Å²) in [4.78, 5) is 36.9. The number of amides is 2. The van der Waals surface area contributed by atoms with Gasteiger partial charge < -0.3 is 19.9 Å². The molecule has 218 valence electrons. The molecular formula is C32H32Cl2N4O3S. The van der Waals surface area contributed by atoms with E-state index in [2.05, 4.69) is 15.2 Å². The lowest BCUT2D eigenvalue weighted by Crippen LogP contribution is -2.49. The monoisotopic (exact) mass is 622 g/mol. The van der Waals surface area contributed by atoms with Gasteiger partial charge >= 0.3 is 0 Å². The Morgan fingerprint density at radius 3 is 2.60 bits per heavy atom. The highest BCUT2D eigenvalue weighted by Crippen LogP contribution is 2.55. The summed E-state index contributed by atoms with van der Waals surface area (Å²) in [7, 11) is 0. The maximum atomic E-state index is 14.5. The number of ether oxygens (including phenoxy) is 1. The Hall–Kier alpha value is -3.01. The molecule has 0 bridgehead atoms. The van der Waals surface area contributed by atoms with Crippen molar-refractivity contribution < 1.29 is 14.3 Å². The number of fused-ring (bicyclic) bond motifs is 1. The Morgan fingerprint density at radius 2 is 1.81 bits per heavy atom. The van der Waals surface area contributed by atoms with Crippen LogP contribution >= 0.6 is 35.0 Å². The summed E-state index contributed by atoms with van der Waals surface area (Å²) in [6.45, 7) is 4.66. The van der Waals surface area contributed by atoms with E-state index >= 15 is 0 Å². The van der Waals surface area contributed by atoms with E-state index in [-0.39, 0.29) is 18.2 Å². The van der Waals surface area contributed by atoms with Crippen molar-refractivity contribution in [3.63, 3.8) is 0 Å². The van der Waals surface area contributed by atoms with Gasteiger partial charge in [0.15, 0.2) is 0 Å². The molecule has 2 aliphatic rings. The van der Waals surface area contributed by atoms with E-state index in [1.807, 2.05) is 66.9 Å². The highest BCUT2D eigenvalue weighted by Gasteiger charge is 2.59. The largest absolute Gasteiger partial charge is 0.379 e. The Labute approximate surface area is 259 Å². The first kappa shape index (κ1) is 29.1. The van der Waals surface area contributed by atoms with Crippen LogP contribution in [0.25, 0.3) is 10.9 Å². The number of rotatable bonds is 9. The minimum atomic E-state index is -1.16. The molecule has 1 aromatic heterocycles. The topological polar surface area (TPSA) is 77.7 Å². The highest BCUT2D eigenvalue weighted by molar-refractivity contribution is 8.01. The van der Waals surface area contributed by atoms with E-state index in [9.17, 15) is 9.59 Å². The smallest absolute Gasteiger partial charge is 0.239 e. The first-order valence-corrected chi connectivity index (χ1v) is 15.7. The van der Waals surface area contributed by atoms with Gasteiger partial charge in [-0.15, -0.1) is 11.8 Å². The zero-order valence-corrected chi connectivity index (χ0v) is 25.4. The van der Waals surface area contributed by atoms with Gasteiger partial charge in [0, 0.05) is 62.9 Å². The van der Waals surface area contributed by atoms with Crippen LogP contribution in [0.2, 0.25) is 10.0 Å². The van der Waals surface area contributed by atoms with Gasteiger partial charge in [-0.2, -0.15) is 0 Å². The third kappa shape index (κ3) is 5.92. The third-order valence-corrected chi connectivity index (χ3v) is 9.80. The van der Waals surface area contributed by atoms with E-state index in [0.29, 0.717) is 22.3 Å². The number of anilines is 1. The van der Waals surface area contributed by atoms with Crippen molar-refractivity contribution in [3.8, 4) is 0 Å². The van der Waals surface area contributed by atoms with Crippen molar-refractivity contribution in [1.82, 2.24) is 15.2 Å². The predicted molar refractivity (Wildman–Crippen MR) is 170 cm³/mol. The van der Waals surface area contributed by atoms with Crippen LogP contribution in [0.4, 0.5) is 5.69 Å². The molecule has 0 spiro atoms. The molecule has 2 unspecified atom stereocenters. The molecule has 3 aromatic carbocycles. The molecule has 0 radical (unpaired) electrons. The van der Waals surface area contributed by atoms with Crippen molar-refractivity contribution in [2.24, 2.45) is 0 Å². The molecule has 4 aromatic rings. The molecule has 6 rings (SSSR count). The van der Waals surface area contributed by atoms with Gasteiger partial charge in [-0.05, 0) is 55.4 Å². The van der Waals surface area contributed by atoms with E-state index in [4.69, 9.17) is 27.9 Å². The molecule has 0 aliphatic carbocycles. The SMILES string of the molecule is O=C1CC(Sc2ccccc2)(C(=O)NCCCN2CCOCC2)C(c2c[nH]c3cc(Cl)ccc23)N1c1cccc(Cl)c1. The number of aromatic nitrogens is 1. The molecule has 3 heterocycles. The molecule has 2 N–H and O–H groups in total. The fourth-order valence-electron chi connectivity index (χ4n) is 5.94. The maximum absolute atomic E-state index is 14.5. The van der Waals surface area contributed by atoms with Crippen molar-refractivity contribution in [1.29, 1.82) is 0 Å². The summed E-state index contributed by atoms with van der Waals surface area (Å²) < 4.78 is 4.30. The number of nitrogens with one attached hydrogen (secondary N) is 2. The van der Waals surface area contributed by atoms with Gasteiger partial charge in [0.05, 0.1) is 25.7 Å². The molecule has 2 aliphatic heterocycles. The minimum absolute atomic E-state index is 0.0271. The fourth-order valence-corrected chi connectivity index (χ4v) is 7.71. The molecular weight excluding hydrogens is 591 g/mol. The number of morpholine rings is 1. The van der Waals surface area contributed by atoms with E-state index in [1.165, 1.54) is 11.8 Å². The molecule has 2 fully saturated rings. The number of carbonyl (C=O) groups is 2. The van der Waals surface area contributed by atoms with E-state index in [1.54, 1.807) is 17.0 Å². The minimum Gasteiger partial charge on any atom is -0.379 e. The van der Waals surface area contributed by atoms with Crippen LogP contribution in [0.1, 0.15) is 24.4 Å². The van der Waals surface area contributed by atoms with Crippen molar-refractivity contribution in [2.75, 3.05) is 44.3 Å². The van der Waals surface area contributed by atoms with Crippen molar-refractivity contribution in [3.05, 3.63) is 94.6 Å². The van der Waals surface area contributed by atoms with Gasteiger partial charge in [-0.1, -0.05) is 53.5 Å². The summed E-state index contributed by atoms with van der Waals surface area (Å²) in [5.41, 5.74) is 2.34. The summed E-state index contributed by atoms with van der Waals surface area (Å²) >= 11 is 14.2. The average Bonchev–Trinajstić information content (AvgIpc) is 3.53. The molecule has 7 nitrogen and oxygen atoms in total. The number of thioether (sulfide) groups is 1. The lowest BCUT2D eigenvalue weighted by molar-refractivity contribution is -0.125. The number of halogens is 2. The number of aromatic amines is 1. The summed E-state index contributed by atoms with van der Waals surface area (Å²) in [6.07, 6.45) is 2.73. The number of nitrogens with zero attached hydrogens (tertiary/aromatic N) is 2. The van der Waals surface area contributed by atoms with Gasteiger partial charge in [0.1, 0.15) is 4.75 Å². The van der Waals surface area contributed by atoms with Crippen LogP contribution < -0.4 is 10.2 Å². The summed E-state index contributed by atoms with van der Waals surface area (Å²) in [5.74, 6) is -0.304. The highest BCUT2D eigenvalue weighted by atomic mass is 35.5. The first-order valence-electron chi connectivity index (χ1n) is 14.1. The number of hydrogen-bond acceptors (Lipinski definition) is 5. The molecule has 2 saturated heterocycles. The Morgan fingerprint density at radius 1 is 1.02 bits per heavy atom. The van der Waals surface area contributed by atoms with Crippen LogP contribution in [0.15, 0.2) is 83.9 Å². The Balaban J connectivity index is 1.41. The Bertz CT molecular complexity index is 1580. The van der Waals surface area contributed by atoms with Crippen molar-refractivity contribution >= 4 is 63.4 Å². The maximum Gasteiger partial charge on any atom is 0.239 e. The number of carbonyl (C=O) groups excluding carboxylic acids is 2. The molecule has 0 saturated carbocycles. The number of hydrogen-bond donors (Lipinski definition) is 2. The fraction of sp³-hybridized carbons (Fsp3) is 0.312. The van der Waals surface area contributed by atoms with Gasteiger partial charge in [0.2, 0.25) is 11.8 Å². The van der Waals surface area contributed by atoms with Gasteiger partial charge in [-0.3, -0.25) is 14.5 Å². The second kappa shape index (κ2) is 12.7.